The van der Waals surface area contributed by atoms with Crippen molar-refractivity contribution in [3.63, 3.8) is 0 Å². The molecule has 0 unspecified atom stereocenters. The van der Waals surface area contributed by atoms with E-state index in [0.717, 1.165) is 70.6 Å². The number of nitrogens with one attached hydrogen (secondary N) is 2. The van der Waals surface area contributed by atoms with Crippen molar-refractivity contribution < 1.29 is 9.15 Å². The summed E-state index contributed by atoms with van der Waals surface area (Å²) >= 11 is 1.79. The normalized spacial score (nSPS) is 15.7. The number of rotatable bonds is 9. The molecule has 2 aromatic heterocycles. The molecular weight excluding hydrogens is 499 g/mol. The number of hydrogen-bond donors (Lipinski definition) is 2. The fourth-order valence-corrected chi connectivity index (χ4v) is 3.95. The molecule has 2 N–H and O–H groups in total. The van der Waals surface area contributed by atoms with E-state index in [1.54, 1.807) is 17.6 Å². The Labute approximate surface area is 195 Å². The summed E-state index contributed by atoms with van der Waals surface area (Å²) in [4.78, 5) is 8.66. The van der Waals surface area contributed by atoms with Crippen LogP contribution in [0.3, 0.4) is 0 Å². The van der Waals surface area contributed by atoms with Gasteiger partial charge in [-0.1, -0.05) is 19.9 Å². The number of hydrogen-bond acceptors (Lipinski definition) is 5. The standard InChI is InChI=1S/C21H32N4O2S.HI/c1-21(2,19-6-4-16-28-19)17-24-20(22-8-7-18-5-3-13-27-18)23-9-10-25-11-14-26-15-12-25;/h3-6,13,16H,7-12,14-15,17H2,1-2H3,(H2,22,23,24);1H. The van der Waals surface area contributed by atoms with E-state index in [-0.39, 0.29) is 29.4 Å². The molecule has 1 saturated heterocycles. The van der Waals surface area contributed by atoms with E-state index in [1.165, 1.54) is 4.88 Å². The quantitative estimate of drug-likeness (QED) is 0.295. The monoisotopic (exact) mass is 532 g/mol. The highest BCUT2D eigenvalue weighted by Gasteiger charge is 2.21. The number of guanidine groups is 1. The average molecular weight is 532 g/mol. The van der Waals surface area contributed by atoms with Gasteiger partial charge in [0, 0.05) is 49.4 Å². The van der Waals surface area contributed by atoms with Crippen molar-refractivity contribution in [2.45, 2.75) is 25.7 Å². The summed E-state index contributed by atoms with van der Waals surface area (Å²) in [6.07, 6.45) is 2.56. The highest BCUT2D eigenvalue weighted by molar-refractivity contribution is 14.0. The predicted molar refractivity (Wildman–Crippen MR) is 131 cm³/mol. The van der Waals surface area contributed by atoms with Crippen molar-refractivity contribution in [2.24, 2.45) is 4.99 Å². The summed E-state index contributed by atoms with van der Waals surface area (Å²) in [5.41, 5.74) is 0.0218. The summed E-state index contributed by atoms with van der Waals surface area (Å²) in [6.45, 7) is 11.6. The molecule has 0 radical (unpaired) electrons. The number of halogens is 1. The lowest BCUT2D eigenvalue weighted by atomic mass is 9.92. The summed E-state index contributed by atoms with van der Waals surface area (Å²) < 4.78 is 10.8. The van der Waals surface area contributed by atoms with Crippen LogP contribution in [0.1, 0.15) is 24.5 Å². The molecular formula is C21H33IN4O2S. The number of ether oxygens (including phenoxy) is 1. The van der Waals surface area contributed by atoms with Gasteiger partial charge in [-0.25, -0.2) is 0 Å². The largest absolute Gasteiger partial charge is 0.469 e. The van der Waals surface area contributed by atoms with Crippen LogP contribution in [-0.2, 0) is 16.6 Å². The lowest BCUT2D eigenvalue weighted by Gasteiger charge is -2.27. The number of nitrogens with zero attached hydrogens (tertiary/aromatic N) is 2. The molecule has 1 aliphatic heterocycles. The molecule has 1 fully saturated rings. The first kappa shape index (κ1) is 24.2. The van der Waals surface area contributed by atoms with Crippen molar-refractivity contribution in [3.8, 4) is 0 Å². The molecule has 162 valence electrons. The van der Waals surface area contributed by atoms with Gasteiger partial charge in [-0.3, -0.25) is 9.89 Å². The van der Waals surface area contributed by atoms with Crippen molar-refractivity contribution in [1.82, 2.24) is 15.5 Å². The van der Waals surface area contributed by atoms with Gasteiger partial charge in [-0.05, 0) is 23.6 Å². The van der Waals surface area contributed by atoms with E-state index in [0.29, 0.717) is 0 Å². The minimum Gasteiger partial charge on any atom is -0.469 e. The van der Waals surface area contributed by atoms with E-state index < -0.39 is 0 Å². The van der Waals surface area contributed by atoms with Gasteiger partial charge in [0.25, 0.3) is 0 Å². The Morgan fingerprint density at radius 3 is 2.66 bits per heavy atom. The van der Waals surface area contributed by atoms with Crippen LogP contribution < -0.4 is 10.6 Å². The highest BCUT2D eigenvalue weighted by Crippen LogP contribution is 2.27. The minimum atomic E-state index is 0. The molecule has 0 atom stereocenters. The maximum absolute atomic E-state index is 5.42. The topological polar surface area (TPSA) is 62.0 Å². The first-order valence-corrected chi connectivity index (χ1v) is 10.9. The van der Waals surface area contributed by atoms with Gasteiger partial charge in [0.05, 0.1) is 26.0 Å². The van der Waals surface area contributed by atoms with Gasteiger partial charge in [0.1, 0.15) is 5.76 Å². The molecule has 0 aromatic carbocycles. The van der Waals surface area contributed by atoms with Crippen LogP contribution >= 0.6 is 35.3 Å². The second kappa shape index (κ2) is 12.6. The second-order valence-corrected chi connectivity index (χ2v) is 8.61. The Morgan fingerprint density at radius 2 is 1.97 bits per heavy atom. The van der Waals surface area contributed by atoms with Crippen LogP contribution in [0, 0.1) is 0 Å². The Bertz CT molecular complexity index is 698. The SMILES string of the molecule is CC(C)(CN=C(NCCc1ccco1)NCCN1CCOCC1)c1cccs1.I. The fraction of sp³-hybridized carbons (Fsp3) is 0.571. The van der Waals surface area contributed by atoms with Crippen LogP contribution in [0.2, 0.25) is 0 Å². The molecule has 0 amide bonds. The number of morpholine rings is 1. The van der Waals surface area contributed by atoms with E-state index in [1.807, 2.05) is 12.1 Å². The fourth-order valence-electron chi connectivity index (χ4n) is 3.11. The molecule has 8 heteroatoms. The molecule has 3 heterocycles. The maximum atomic E-state index is 5.42. The summed E-state index contributed by atoms with van der Waals surface area (Å²) in [7, 11) is 0. The zero-order chi connectivity index (χ0) is 19.7. The summed E-state index contributed by atoms with van der Waals surface area (Å²) in [5, 5.41) is 9.08. The van der Waals surface area contributed by atoms with E-state index in [9.17, 15) is 0 Å². The summed E-state index contributed by atoms with van der Waals surface area (Å²) in [5.74, 6) is 1.85. The molecule has 3 rings (SSSR count). The predicted octanol–water partition coefficient (Wildman–Crippen LogP) is 3.35. The van der Waals surface area contributed by atoms with Crippen LogP contribution in [-0.4, -0.2) is 63.3 Å². The minimum absolute atomic E-state index is 0. The first-order valence-electron chi connectivity index (χ1n) is 10.0. The Morgan fingerprint density at radius 1 is 1.17 bits per heavy atom. The maximum Gasteiger partial charge on any atom is 0.191 e. The van der Waals surface area contributed by atoms with Gasteiger partial charge in [0.15, 0.2) is 5.96 Å². The molecule has 29 heavy (non-hydrogen) atoms. The molecule has 1 aliphatic rings. The smallest absolute Gasteiger partial charge is 0.191 e. The molecule has 0 bridgehead atoms. The number of aliphatic imine (C=N–C) groups is 1. The zero-order valence-electron chi connectivity index (χ0n) is 17.4. The van der Waals surface area contributed by atoms with Crippen molar-refractivity contribution in [2.75, 3.05) is 52.5 Å². The average Bonchev–Trinajstić information content (AvgIpc) is 3.41. The first-order chi connectivity index (χ1) is 13.6. The van der Waals surface area contributed by atoms with Crippen LogP contribution in [0.15, 0.2) is 45.3 Å². The van der Waals surface area contributed by atoms with E-state index >= 15 is 0 Å². The Hall–Kier alpha value is -1.10. The molecule has 6 nitrogen and oxygen atoms in total. The third-order valence-electron chi connectivity index (χ3n) is 4.89. The van der Waals surface area contributed by atoms with Crippen molar-refractivity contribution in [3.05, 3.63) is 46.5 Å². The van der Waals surface area contributed by atoms with E-state index in [2.05, 4.69) is 46.9 Å². The highest BCUT2D eigenvalue weighted by atomic mass is 127. The van der Waals surface area contributed by atoms with Gasteiger partial charge in [-0.2, -0.15) is 0 Å². The Balaban J connectivity index is 0.00000300. The van der Waals surface area contributed by atoms with Crippen molar-refractivity contribution >= 4 is 41.3 Å². The third-order valence-corrected chi connectivity index (χ3v) is 6.12. The molecule has 0 spiro atoms. The van der Waals surface area contributed by atoms with E-state index in [4.69, 9.17) is 14.1 Å². The number of furan rings is 1. The number of thiophene rings is 1. The molecule has 2 aromatic rings. The lowest BCUT2D eigenvalue weighted by molar-refractivity contribution is 0.0389. The molecule has 0 saturated carbocycles. The van der Waals surface area contributed by atoms with Gasteiger partial charge < -0.3 is 19.8 Å². The van der Waals surface area contributed by atoms with Gasteiger partial charge in [0.2, 0.25) is 0 Å². The second-order valence-electron chi connectivity index (χ2n) is 7.66. The molecule has 0 aliphatic carbocycles. The van der Waals surface area contributed by atoms with Gasteiger partial charge >= 0.3 is 0 Å². The van der Waals surface area contributed by atoms with Gasteiger partial charge in [-0.15, -0.1) is 35.3 Å². The van der Waals surface area contributed by atoms with Crippen molar-refractivity contribution in [1.29, 1.82) is 0 Å². The Kier molecular flexibility index (Phi) is 10.5. The zero-order valence-corrected chi connectivity index (χ0v) is 20.5. The lowest BCUT2D eigenvalue weighted by Crippen LogP contribution is -2.45. The van der Waals surface area contributed by atoms with Crippen LogP contribution in [0.5, 0.6) is 0 Å². The van der Waals surface area contributed by atoms with Crippen LogP contribution in [0.4, 0.5) is 0 Å². The van der Waals surface area contributed by atoms with Crippen LogP contribution in [0.25, 0.3) is 0 Å². The third kappa shape index (κ3) is 8.27. The summed E-state index contributed by atoms with van der Waals surface area (Å²) in [6, 6.07) is 8.23.